The molecule has 0 atom stereocenters. The highest BCUT2D eigenvalue weighted by atomic mass is 32.2. The van der Waals surface area contributed by atoms with Gasteiger partial charge in [-0.05, 0) is 75.2 Å². The van der Waals surface area contributed by atoms with Crippen molar-refractivity contribution in [2.24, 2.45) is 0 Å². The van der Waals surface area contributed by atoms with E-state index in [0.717, 1.165) is 32.1 Å². The molecule has 0 spiro atoms. The van der Waals surface area contributed by atoms with Crippen LogP contribution in [0.15, 0.2) is 46.2 Å². The quantitative estimate of drug-likeness (QED) is 0.476. The number of nitrogens with one attached hydrogen (secondary N) is 3. The largest absolute Gasteiger partial charge is 0.483 e. The van der Waals surface area contributed by atoms with Crippen molar-refractivity contribution >= 4 is 31.6 Å². The third-order valence-corrected chi connectivity index (χ3v) is 8.73. The molecule has 0 heterocycles. The Morgan fingerprint density at radius 3 is 2.21 bits per heavy atom. The summed E-state index contributed by atoms with van der Waals surface area (Å²) >= 11 is 0. The minimum absolute atomic E-state index is 0.0336. The van der Waals surface area contributed by atoms with Crippen LogP contribution >= 0.6 is 0 Å². The van der Waals surface area contributed by atoms with Crippen LogP contribution in [-0.4, -0.2) is 42.4 Å². The van der Waals surface area contributed by atoms with Crippen molar-refractivity contribution < 1.29 is 26.4 Å². The topological polar surface area (TPSA) is 131 Å². The lowest BCUT2D eigenvalue weighted by atomic mass is 9.96. The predicted octanol–water partition coefficient (Wildman–Crippen LogP) is 2.84. The van der Waals surface area contributed by atoms with Gasteiger partial charge in [-0.25, -0.2) is 26.3 Å². The molecule has 0 aromatic heterocycles. The van der Waals surface area contributed by atoms with Crippen LogP contribution in [0, 0.1) is 13.8 Å². The second-order valence-corrected chi connectivity index (χ2v) is 12.0. The van der Waals surface area contributed by atoms with Gasteiger partial charge in [0.25, 0.3) is 5.91 Å². The molecule has 0 bridgehead atoms. The fourth-order valence-corrected chi connectivity index (χ4v) is 5.95. The van der Waals surface area contributed by atoms with Crippen LogP contribution < -0.4 is 19.5 Å². The van der Waals surface area contributed by atoms with Crippen molar-refractivity contribution in [1.82, 2.24) is 9.44 Å². The number of rotatable bonds is 9. The fraction of sp³-hybridized carbons (Fsp3) is 0.435. The number of anilines is 1. The Balaban J connectivity index is 1.63. The van der Waals surface area contributed by atoms with E-state index in [1.807, 2.05) is 0 Å². The molecule has 1 aliphatic carbocycles. The monoisotopic (exact) mass is 509 g/mol. The van der Waals surface area contributed by atoms with Gasteiger partial charge in [0.1, 0.15) is 5.75 Å². The number of hydrogen-bond donors (Lipinski definition) is 3. The Hall–Kier alpha value is -2.47. The molecule has 0 radical (unpaired) electrons. The number of benzene rings is 2. The minimum Gasteiger partial charge on any atom is -0.483 e. The first-order valence-corrected chi connectivity index (χ1v) is 14.1. The molecule has 34 heavy (non-hydrogen) atoms. The van der Waals surface area contributed by atoms with E-state index in [9.17, 15) is 21.6 Å². The van der Waals surface area contributed by atoms with Crippen molar-refractivity contribution in [2.45, 2.75) is 61.8 Å². The SMILES string of the molecule is CNS(=O)(=O)c1ccc(C)c(NC(=O)COc2ccc(S(=O)(=O)NC3CCCCC3)cc2C)c1. The Morgan fingerprint density at radius 1 is 0.912 bits per heavy atom. The molecule has 11 heteroatoms. The van der Waals surface area contributed by atoms with Crippen LogP contribution in [0.3, 0.4) is 0 Å². The van der Waals surface area contributed by atoms with Gasteiger partial charge in [0.15, 0.2) is 6.61 Å². The first-order valence-electron chi connectivity index (χ1n) is 11.1. The van der Waals surface area contributed by atoms with E-state index in [2.05, 4.69) is 14.8 Å². The summed E-state index contributed by atoms with van der Waals surface area (Å²) in [5.41, 5.74) is 1.63. The van der Waals surface area contributed by atoms with Crippen molar-refractivity contribution in [3.63, 3.8) is 0 Å². The molecule has 0 unspecified atom stereocenters. The number of carbonyl (C=O) groups is 1. The lowest BCUT2D eigenvalue weighted by molar-refractivity contribution is -0.118. The van der Waals surface area contributed by atoms with Crippen LogP contribution in [-0.2, 0) is 24.8 Å². The molecule has 1 fully saturated rings. The van der Waals surface area contributed by atoms with E-state index in [1.54, 1.807) is 19.9 Å². The van der Waals surface area contributed by atoms with Gasteiger partial charge < -0.3 is 10.1 Å². The highest BCUT2D eigenvalue weighted by molar-refractivity contribution is 7.89. The Kier molecular flexibility index (Phi) is 8.34. The summed E-state index contributed by atoms with van der Waals surface area (Å²) in [6.45, 7) is 3.13. The fourth-order valence-electron chi connectivity index (χ4n) is 3.81. The minimum atomic E-state index is -3.65. The molecular weight excluding hydrogens is 478 g/mol. The lowest BCUT2D eigenvalue weighted by Gasteiger charge is -2.22. The summed E-state index contributed by atoms with van der Waals surface area (Å²) in [6.07, 6.45) is 4.87. The maximum atomic E-state index is 12.7. The third-order valence-electron chi connectivity index (χ3n) is 5.80. The van der Waals surface area contributed by atoms with E-state index >= 15 is 0 Å². The second kappa shape index (κ2) is 10.9. The van der Waals surface area contributed by atoms with Crippen LogP contribution in [0.1, 0.15) is 43.2 Å². The van der Waals surface area contributed by atoms with Crippen LogP contribution in [0.25, 0.3) is 0 Å². The Labute approximate surface area is 201 Å². The molecule has 9 nitrogen and oxygen atoms in total. The molecule has 0 aliphatic heterocycles. The van der Waals surface area contributed by atoms with Crippen molar-refractivity contribution in [3.8, 4) is 5.75 Å². The average Bonchev–Trinajstić information content (AvgIpc) is 2.80. The van der Waals surface area contributed by atoms with Gasteiger partial charge in [-0.3, -0.25) is 4.79 Å². The summed E-state index contributed by atoms with van der Waals surface area (Å²) in [4.78, 5) is 12.6. The van der Waals surface area contributed by atoms with E-state index < -0.39 is 26.0 Å². The number of aryl methyl sites for hydroxylation is 2. The van der Waals surface area contributed by atoms with Gasteiger partial charge in [-0.15, -0.1) is 0 Å². The third kappa shape index (κ3) is 6.56. The summed E-state index contributed by atoms with van der Waals surface area (Å²) < 4.78 is 60.1. The smallest absolute Gasteiger partial charge is 0.262 e. The normalized spacial score (nSPS) is 15.1. The number of hydrogen-bond acceptors (Lipinski definition) is 6. The number of amides is 1. The van der Waals surface area contributed by atoms with E-state index in [1.165, 1.54) is 37.4 Å². The number of ether oxygens (including phenoxy) is 1. The Bertz CT molecular complexity index is 1250. The van der Waals surface area contributed by atoms with Gasteiger partial charge in [0.2, 0.25) is 20.0 Å². The number of sulfonamides is 2. The second-order valence-electron chi connectivity index (χ2n) is 8.40. The molecule has 3 N–H and O–H groups in total. The molecule has 0 saturated heterocycles. The van der Waals surface area contributed by atoms with Crippen molar-refractivity contribution in [1.29, 1.82) is 0 Å². The molecule has 2 aromatic rings. The lowest BCUT2D eigenvalue weighted by Crippen LogP contribution is -2.36. The highest BCUT2D eigenvalue weighted by Gasteiger charge is 2.22. The predicted molar refractivity (Wildman–Crippen MR) is 130 cm³/mol. The maximum absolute atomic E-state index is 12.7. The average molecular weight is 510 g/mol. The summed E-state index contributed by atoms with van der Waals surface area (Å²) in [5.74, 6) is -0.0906. The zero-order valence-electron chi connectivity index (χ0n) is 19.6. The van der Waals surface area contributed by atoms with Crippen molar-refractivity contribution in [2.75, 3.05) is 19.0 Å². The summed E-state index contributed by atoms with van der Waals surface area (Å²) in [7, 11) is -5.97. The van der Waals surface area contributed by atoms with Crippen LogP contribution in [0.2, 0.25) is 0 Å². The summed E-state index contributed by atoms with van der Waals surface area (Å²) in [6, 6.07) is 8.91. The molecule has 1 amide bonds. The van der Waals surface area contributed by atoms with E-state index in [4.69, 9.17) is 4.74 Å². The number of carbonyl (C=O) groups excluding carboxylic acids is 1. The van der Waals surface area contributed by atoms with Gasteiger partial charge >= 0.3 is 0 Å². The van der Waals surface area contributed by atoms with Gasteiger partial charge in [-0.1, -0.05) is 25.3 Å². The molecule has 1 saturated carbocycles. The van der Waals surface area contributed by atoms with Crippen molar-refractivity contribution in [3.05, 3.63) is 47.5 Å². The zero-order chi connectivity index (χ0) is 24.9. The molecule has 3 rings (SSSR count). The first-order chi connectivity index (χ1) is 16.0. The molecule has 2 aromatic carbocycles. The zero-order valence-corrected chi connectivity index (χ0v) is 21.2. The molecule has 186 valence electrons. The van der Waals surface area contributed by atoms with Crippen LogP contribution in [0.5, 0.6) is 5.75 Å². The molecule has 1 aliphatic rings. The van der Waals surface area contributed by atoms with E-state index in [0.29, 0.717) is 22.6 Å². The molecular formula is C23H31N3O6S2. The Morgan fingerprint density at radius 2 is 1.56 bits per heavy atom. The van der Waals surface area contributed by atoms with Crippen LogP contribution in [0.4, 0.5) is 5.69 Å². The maximum Gasteiger partial charge on any atom is 0.262 e. The van der Waals surface area contributed by atoms with Gasteiger partial charge in [0, 0.05) is 11.7 Å². The summed E-state index contributed by atoms with van der Waals surface area (Å²) in [5, 5.41) is 2.66. The first kappa shape index (κ1) is 26.1. The van der Waals surface area contributed by atoms with Gasteiger partial charge in [-0.2, -0.15) is 0 Å². The standard InChI is InChI=1S/C23H31N3O6S2/c1-16-9-10-20(33(28,29)24-3)14-21(16)25-23(27)15-32-22-12-11-19(13-17(22)2)34(30,31)26-18-7-5-4-6-8-18/h9-14,18,24,26H,4-8,15H2,1-3H3,(H,25,27). The highest BCUT2D eigenvalue weighted by Crippen LogP contribution is 2.25. The van der Waals surface area contributed by atoms with Gasteiger partial charge in [0.05, 0.1) is 9.79 Å². The van der Waals surface area contributed by atoms with E-state index in [-0.39, 0.29) is 22.4 Å².